The third kappa shape index (κ3) is 6.95. The molecule has 0 radical (unpaired) electrons. The normalized spacial score (nSPS) is 16.3. The van der Waals surface area contributed by atoms with Gasteiger partial charge in [0.05, 0.1) is 11.4 Å². The van der Waals surface area contributed by atoms with E-state index in [0.29, 0.717) is 37.5 Å². The molecular weight excluding hydrogens is 536 g/mol. The summed E-state index contributed by atoms with van der Waals surface area (Å²) in [6.07, 6.45) is 3.10. The number of piperidine rings is 1. The van der Waals surface area contributed by atoms with Crippen LogP contribution >= 0.6 is 0 Å². The molecule has 3 heterocycles. The second-order valence-corrected chi connectivity index (χ2v) is 11.5. The third-order valence-electron chi connectivity index (χ3n) is 8.71. The summed E-state index contributed by atoms with van der Waals surface area (Å²) in [6, 6.07) is 31.4. The highest BCUT2D eigenvalue weighted by Gasteiger charge is 2.30. The van der Waals surface area contributed by atoms with Gasteiger partial charge >= 0.3 is 0 Å². The minimum Gasteiger partial charge on any atom is -0.508 e. The molecule has 1 N–H and O–H groups in total. The largest absolute Gasteiger partial charge is 0.508 e. The molecule has 1 aromatic heterocycles. The fourth-order valence-corrected chi connectivity index (χ4v) is 6.19. The first-order valence-electron chi connectivity index (χ1n) is 15.3. The van der Waals surface area contributed by atoms with Crippen molar-refractivity contribution in [3.05, 3.63) is 108 Å². The average Bonchev–Trinajstić information content (AvgIpc) is 3.08. The summed E-state index contributed by atoms with van der Waals surface area (Å²) in [4.78, 5) is 38.0. The molecule has 2 amide bonds. The van der Waals surface area contributed by atoms with Crippen molar-refractivity contribution in [2.75, 3.05) is 39.3 Å². The topological polar surface area (TPSA) is 77.0 Å². The van der Waals surface area contributed by atoms with Gasteiger partial charge in [0.25, 0.3) is 5.91 Å². The molecule has 4 aromatic rings. The Morgan fingerprint density at radius 3 is 1.81 bits per heavy atom. The highest BCUT2D eigenvalue weighted by atomic mass is 16.3. The monoisotopic (exact) mass is 574 g/mol. The number of hydrogen-bond donors (Lipinski definition) is 1. The maximum absolute atomic E-state index is 13.8. The Labute approximate surface area is 253 Å². The molecule has 0 spiro atoms. The first kappa shape index (κ1) is 28.6. The van der Waals surface area contributed by atoms with Crippen LogP contribution in [0.3, 0.4) is 0 Å². The molecule has 0 bridgehead atoms. The second kappa shape index (κ2) is 13.2. The van der Waals surface area contributed by atoms with Gasteiger partial charge in [0.2, 0.25) is 5.91 Å². The molecule has 2 aliphatic heterocycles. The predicted molar refractivity (Wildman–Crippen MR) is 169 cm³/mol. The number of pyridine rings is 1. The van der Waals surface area contributed by atoms with Gasteiger partial charge in [0.1, 0.15) is 5.75 Å². The highest BCUT2D eigenvalue weighted by molar-refractivity contribution is 5.96. The smallest absolute Gasteiger partial charge is 0.254 e. The van der Waals surface area contributed by atoms with E-state index in [1.54, 1.807) is 12.1 Å². The standard InChI is InChI=1S/C36H38N4O3/c41-32-14-11-27(12-15-32)13-16-35(42)39-19-17-31(18-20-39)38-21-23-40(24-22-38)36(43)30-25-33(28-7-3-1-4-8-28)37-34(26-30)29-9-5-2-6-10-29/h1-12,14-15,25-26,31,41H,13,16-24H2. The van der Waals surface area contributed by atoms with Gasteiger partial charge in [0, 0.05) is 68.4 Å². The summed E-state index contributed by atoms with van der Waals surface area (Å²) in [7, 11) is 0. The lowest BCUT2D eigenvalue weighted by molar-refractivity contribution is -0.132. The number of benzene rings is 3. The zero-order chi connectivity index (χ0) is 29.6. The minimum atomic E-state index is 0.0467. The number of piperazine rings is 1. The van der Waals surface area contributed by atoms with Gasteiger partial charge < -0.3 is 14.9 Å². The van der Waals surface area contributed by atoms with Gasteiger partial charge in [-0.2, -0.15) is 0 Å². The molecule has 0 aliphatic carbocycles. The lowest BCUT2D eigenvalue weighted by Crippen LogP contribution is -2.54. The second-order valence-electron chi connectivity index (χ2n) is 11.5. The van der Waals surface area contributed by atoms with Gasteiger partial charge in [-0.3, -0.25) is 14.5 Å². The molecule has 3 aromatic carbocycles. The Bertz CT molecular complexity index is 1470. The van der Waals surface area contributed by atoms with E-state index in [-0.39, 0.29) is 17.6 Å². The molecule has 220 valence electrons. The molecule has 7 heteroatoms. The predicted octanol–water partition coefficient (Wildman–Crippen LogP) is 5.50. The van der Waals surface area contributed by atoms with Crippen LogP contribution in [0.5, 0.6) is 5.75 Å². The van der Waals surface area contributed by atoms with Crippen LogP contribution < -0.4 is 0 Å². The fraction of sp³-hybridized carbons (Fsp3) is 0.306. The molecule has 2 fully saturated rings. The van der Waals surface area contributed by atoms with Crippen molar-refractivity contribution < 1.29 is 14.7 Å². The van der Waals surface area contributed by atoms with Crippen LogP contribution in [-0.2, 0) is 11.2 Å². The third-order valence-corrected chi connectivity index (χ3v) is 8.71. The maximum Gasteiger partial charge on any atom is 0.254 e. The Balaban J connectivity index is 1.04. The number of rotatable bonds is 7. The van der Waals surface area contributed by atoms with Crippen molar-refractivity contribution in [1.82, 2.24) is 19.7 Å². The van der Waals surface area contributed by atoms with Crippen LogP contribution in [-0.4, -0.2) is 81.9 Å². The number of aromatic hydroxyl groups is 1. The summed E-state index contributed by atoms with van der Waals surface area (Å²) in [6.45, 7) is 4.61. The van der Waals surface area contributed by atoms with Gasteiger partial charge in [0.15, 0.2) is 0 Å². The van der Waals surface area contributed by atoms with Crippen molar-refractivity contribution in [3.8, 4) is 28.3 Å². The maximum atomic E-state index is 13.8. The Kier molecular flexibility index (Phi) is 8.80. The quantitative estimate of drug-likeness (QED) is 0.315. The van der Waals surface area contributed by atoms with E-state index in [4.69, 9.17) is 4.98 Å². The summed E-state index contributed by atoms with van der Waals surface area (Å²) >= 11 is 0. The number of carbonyl (C=O) groups is 2. The lowest BCUT2D eigenvalue weighted by Gasteiger charge is -2.42. The first-order chi connectivity index (χ1) is 21.0. The molecule has 0 unspecified atom stereocenters. The molecular formula is C36H38N4O3. The number of phenolic OH excluding ortho intramolecular Hbond substituents is 1. The molecule has 0 saturated carbocycles. The summed E-state index contributed by atoms with van der Waals surface area (Å²) in [5.74, 6) is 0.489. The van der Waals surface area contributed by atoms with Crippen LogP contribution in [0.4, 0.5) is 0 Å². The Morgan fingerprint density at radius 1 is 0.698 bits per heavy atom. The zero-order valence-corrected chi connectivity index (χ0v) is 24.4. The van der Waals surface area contributed by atoms with Crippen molar-refractivity contribution >= 4 is 11.8 Å². The van der Waals surface area contributed by atoms with Crippen LogP contribution in [0, 0.1) is 0 Å². The first-order valence-corrected chi connectivity index (χ1v) is 15.3. The summed E-state index contributed by atoms with van der Waals surface area (Å²) < 4.78 is 0. The van der Waals surface area contributed by atoms with E-state index < -0.39 is 0 Å². The number of aromatic nitrogens is 1. The summed E-state index contributed by atoms with van der Waals surface area (Å²) in [5.41, 5.74) is 5.31. The summed E-state index contributed by atoms with van der Waals surface area (Å²) in [5, 5.41) is 9.46. The van der Waals surface area contributed by atoms with Crippen molar-refractivity contribution in [3.63, 3.8) is 0 Å². The van der Waals surface area contributed by atoms with Crippen LogP contribution in [0.25, 0.3) is 22.5 Å². The van der Waals surface area contributed by atoms with Crippen molar-refractivity contribution in [2.24, 2.45) is 0 Å². The number of amides is 2. The van der Waals surface area contributed by atoms with E-state index in [0.717, 1.165) is 67.1 Å². The SMILES string of the molecule is O=C(CCc1ccc(O)cc1)N1CCC(N2CCN(C(=O)c3cc(-c4ccccc4)nc(-c4ccccc4)c3)CC2)CC1. The van der Waals surface area contributed by atoms with Gasteiger partial charge in [-0.05, 0) is 49.1 Å². The van der Waals surface area contributed by atoms with Crippen LogP contribution in [0.2, 0.25) is 0 Å². The van der Waals surface area contributed by atoms with Gasteiger partial charge in [-0.1, -0.05) is 72.8 Å². The van der Waals surface area contributed by atoms with E-state index in [2.05, 4.69) is 4.90 Å². The van der Waals surface area contributed by atoms with E-state index in [9.17, 15) is 14.7 Å². The van der Waals surface area contributed by atoms with Gasteiger partial charge in [-0.25, -0.2) is 4.98 Å². The molecule has 7 nitrogen and oxygen atoms in total. The molecule has 2 aliphatic rings. The van der Waals surface area contributed by atoms with Gasteiger partial charge in [-0.15, -0.1) is 0 Å². The molecule has 2 saturated heterocycles. The molecule has 43 heavy (non-hydrogen) atoms. The Morgan fingerprint density at radius 2 is 1.26 bits per heavy atom. The van der Waals surface area contributed by atoms with E-state index in [1.807, 2.05) is 94.7 Å². The number of carbonyl (C=O) groups excluding carboxylic acids is 2. The van der Waals surface area contributed by atoms with E-state index in [1.165, 1.54) is 0 Å². The molecule has 0 atom stereocenters. The number of nitrogens with zero attached hydrogens (tertiary/aromatic N) is 4. The Hall–Kier alpha value is -4.49. The highest BCUT2D eigenvalue weighted by Crippen LogP contribution is 2.26. The lowest BCUT2D eigenvalue weighted by atomic mass is 10.0. The van der Waals surface area contributed by atoms with Crippen molar-refractivity contribution in [1.29, 1.82) is 0 Å². The van der Waals surface area contributed by atoms with Crippen LogP contribution in [0.1, 0.15) is 35.2 Å². The van der Waals surface area contributed by atoms with E-state index >= 15 is 0 Å². The van der Waals surface area contributed by atoms with Crippen molar-refractivity contribution in [2.45, 2.75) is 31.7 Å². The number of phenols is 1. The fourth-order valence-electron chi connectivity index (χ4n) is 6.19. The zero-order valence-electron chi connectivity index (χ0n) is 24.4. The number of aryl methyl sites for hydroxylation is 1. The number of likely N-dealkylation sites (tertiary alicyclic amines) is 1. The molecule has 6 rings (SSSR count). The van der Waals surface area contributed by atoms with Crippen LogP contribution in [0.15, 0.2) is 97.1 Å². The average molecular weight is 575 g/mol. The minimum absolute atomic E-state index is 0.0467. The number of hydrogen-bond acceptors (Lipinski definition) is 5.